The molecule has 2 saturated heterocycles. The van der Waals surface area contributed by atoms with Crippen LogP contribution >= 0.6 is 12.2 Å². The lowest BCUT2D eigenvalue weighted by atomic mass is 10.1. The maximum atomic E-state index is 14.1. The molecule has 196 valence electrons. The minimum absolute atomic E-state index is 0.149. The van der Waals surface area contributed by atoms with Crippen molar-refractivity contribution in [1.29, 1.82) is 0 Å². The van der Waals surface area contributed by atoms with Crippen LogP contribution in [0.15, 0.2) is 48.5 Å². The van der Waals surface area contributed by atoms with E-state index in [0.717, 1.165) is 87.9 Å². The molecule has 0 bridgehead atoms. The maximum Gasteiger partial charge on any atom is 0.170 e. The standard InChI is InChI=1S/C28H36FN7S/c1-21-19-27(36-15-11-33(2)12-16-36)32-25-8-7-22(20-23(21)25)31-28(37)30-9-10-34-13-17-35(18-14-34)26-6-4-3-5-24(26)29/h3-8,19-20H,9-18H2,1-2H3,(H2,30,31,37). The van der Waals surface area contributed by atoms with Gasteiger partial charge in [-0.1, -0.05) is 12.1 Å². The van der Waals surface area contributed by atoms with E-state index >= 15 is 0 Å². The summed E-state index contributed by atoms with van der Waals surface area (Å²) in [5.74, 6) is 0.912. The molecule has 2 fully saturated rings. The molecule has 0 spiro atoms. The zero-order chi connectivity index (χ0) is 25.8. The summed E-state index contributed by atoms with van der Waals surface area (Å²) in [6, 6.07) is 15.4. The zero-order valence-electron chi connectivity index (χ0n) is 21.7. The number of likely N-dealkylation sites (N-methyl/N-ethyl adjacent to an activating group) is 1. The first-order valence-corrected chi connectivity index (χ1v) is 13.5. The summed E-state index contributed by atoms with van der Waals surface area (Å²) in [4.78, 5) is 14.2. The van der Waals surface area contributed by atoms with E-state index in [9.17, 15) is 4.39 Å². The summed E-state index contributed by atoms with van der Waals surface area (Å²) in [7, 11) is 2.17. The molecule has 37 heavy (non-hydrogen) atoms. The lowest BCUT2D eigenvalue weighted by Gasteiger charge is -2.36. The molecule has 0 aliphatic carbocycles. The second kappa shape index (κ2) is 11.6. The van der Waals surface area contributed by atoms with Crippen molar-refractivity contribution in [3.63, 3.8) is 0 Å². The molecule has 2 N–H and O–H groups in total. The Balaban J connectivity index is 1.10. The molecule has 1 aromatic heterocycles. The fourth-order valence-electron chi connectivity index (χ4n) is 5.08. The topological polar surface area (TPSA) is 49.9 Å². The minimum atomic E-state index is -0.149. The van der Waals surface area contributed by atoms with Crippen LogP contribution in [0.5, 0.6) is 0 Å². The smallest absolute Gasteiger partial charge is 0.170 e. The molecule has 2 aliphatic rings. The zero-order valence-corrected chi connectivity index (χ0v) is 22.5. The molecule has 0 atom stereocenters. The Morgan fingerprint density at radius 3 is 2.43 bits per heavy atom. The van der Waals surface area contributed by atoms with Crippen LogP contribution in [-0.2, 0) is 0 Å². The SMILES string of the molecule is Cc1cc(N2CCN(C)CC2)nc2ccc(NC(=S)NCCN3CCN(c4ccccc4F)CC3)cc12. The van der Waals surface area contributed by atoms with Crippen molar-refractivity contribution in [2.75, 3.05) is 87.6 Å². The summed E-state index contributed by atoms with van der Waals surface area (Å²) in [5.41, 5.74) is 3.88. The molecule has 0 radical (unpaired) electrons. The number of thiocarbonyl (C=S) groups is 1. The monoisotopic (exact) mass is 521 g/mol. The maximum absolute atomic E-state index is 14.1. The van der Waals surface area contributed by atoms with Crippen molar-refractivity contribution in [3.05, 3.63) is 59.9 Å². The molecule has 0 saturated carbocycles. The lowest BCUT2D eigenvalue weighted by molar-refractivity contribution is 0.261. The molecular formula is C28H36FN7S. The van der Waals surface area contributed by atoms with Gasteiger partial charge in [0, 0.05) is 76.5 Å². The predicted molar refractivity (Wildman–Crippen MR) is 155 cm³/mol. The third kappa shape index (κ3) is 6.29. The number of nitrogens with one attached hydrogen (secondary N) is 2. The molecular weight excluding hydrogens is 485 g/mol. The van der Waals surface area contributed by atoms with Crippen molar-refractivity contribution in [1.82, 2.24) is 20.1 Å². The molecule has 0 amide bonds. The molecule has 2 aromatic carbocycles. The Morgan fingerprint density at radius 2 is 1.68 bits per heavy atom. The van der Waals surface area contributed by atoms with Crippen molar-refractivity contribution < 1.29 is 4.39 Å². The normalized spacial score (nSPS) is 17.3. The van der Waals surface area contributed by atoms with E-state index in [-0.39, 0.29) is 5.82 Å². The summed E-state index contributed by atoms with van der Waals surface area (Å²) in [6.45, 7) is 11.4. The first-order chi connectivity index (χ1) is 18.0. The summed E-state index contributed by atoms with van der Waals surface area (Å²) >= 11 is 5.55. The number of para-hydroxylation sites is 1. The number of rotatable bonds is 6. The molecule has 7 nitrogen and oxygen atoms in total. The Hall–Kier alpha value is -3.01. The van der Waals surface area contributed by atoms with Crippen LogP contribution in [0.2, 0.25) is 0 Å². The van der Waals surface area contributed by atoms with Crippen LogP contribution in [0.3, 0.4) is 0 Å². The van der Waals surface area contributed by atoms with Crippen molar-refractivity contribution in [3.8, 4) is 0 Å². The van der Waals surface area contributed by atoms with Gasteiger partial charge in [-0.05, 0) is 68.2 Å². The average Bonchev–Trinajstić information content (AvgIpc) is 2.90. The third-order valence-electron chi connectivity index (χ3n) is 7.37. The minimum Gasteiger partial charge on any atom is -0.367 e. The van der Waals surface area contributed by atoms with Crippen LogP contribution in [0.1, 0.15) is 5.56 Å². The van der Waals surface area contributed by atoms with Gasteiger partial charge in [0.1, 0.15) is 11.6 Å². The number of nitrogens with zero attached hydrogens (tertiary/aromatic N) is 5. The van der Waals surface area contributed by atoms with E-state index in [2.05, 4.69) is 62.4 Å². The molecule has 3 heterocycles. The highest BCUT2D eigenvalue weighted by atomic mass is 32.1. The Kier molecular flexibility index (Phi) is 8.02. The van der Waals surface area contributed by atoms with Crippen molar-refractivity contribution >= 4 is 45.4 Å². The number of fused-ring (bicyclic) bond motifs is 1. The molecule has 0 unspecified atom stereocenters. The number of benzene rings is 2. The molecule has 2 aliphatic heterocycles. The van der Waals surface area contributed by atoms with E-state index in [0.29, 0.717) is 10.8 Å². The molecule has 3 aromatic rings. The van der Waals surface area contributed by atoms with Gasteiger partial charge in [0.25, 0.3) is 0 Å². The van der Waals surface area contributed by atoms with Crippen molar-refractivity contribution in [2.24, 2.45) is 0 Å². The number of anilines is 3. The van der Waals surface area contributed by atoms with Gasteiger partial charge < -0.3 is 25.3 Å². The second-order valence-electron chi connectivity index (χ2n) is 9.98. The van der Waals surface area contributed by atoms with Gasteiger partial charge in [0.05, 0.1) is 11.2 Å². The molecule has 5 rings (SSSR count). The van der Waals surface area contributed by atoms with E-state index < -0.39 is 0 Å². The van der Waals surface area contributed by atoms with Crippen LogP contribution < -0.4 is 20.4 Å². The van der Waals surface area contributed by atoms with Gasteiger partial charge in [-0.15, -0.1) is 0 Å². The fourth-order valence-corrected chi connectivity index (χ4v) is 5.30. The number of aryl methyl sites for hydroxylation is 1. The number of halogens is 1. The van der Waals surface area contributed by atoms with Crippen LogP contribution in [-0.4, -0.2) is 92.4 Å². The van der Waals surface area contributed by atoms with E-state index in [4.69, 9.17) is 17.2 Å². The summed E-state index contributed by atoms with van der Waals surface area (Å²) in [5, 5.41) is 8.40. The highest BCUT2D eigenvalue weighted by Gasteiger charge is 2.19. The fraction of sp³-hybridized carbons (Fsp3) is 0.429. The van der Waals surface area contributed by atoms with Gasteiger partial charge >= 0.3 is 0 Å². The molecule has 9 heteroatoms. The Bertz CT molecular complexity index is 1240. The highest BCUT2D eigenvalue weighted by Crippen LogP contribution is 2.26. The van der Waals surface area contributed by atoms with Crippen LogP contribution in [0, 0.1) is 12.7 Å². The van der Waals surface area contributed by atoms with Gasteiger partial charge in [-0.2, -0.15) is 0 Å². The number of hydrogen-bond donors (Lipinski definition) is 2. The van der Waals surface area contributed by atoms with E-state index in [1.54, 1.807) is 6.07 Å². The van der Waals surface area contributed by atoms with E-state index in [1.807, 2.05) is 18.2 Å². The van der Waals surface area contributed by atoms with E-state index in [1.165, 1.54) is 11.6 Å². The predicted octanol–water partition coefficient (Wildman–Crippen LogP) is 3.54. The average molecular weight is 522 g/mol. The van der Waals surface area contributed by atoms with Crippen LogP contribution in [0.4, 0.5) is 21.6 Å². The van der Waals surface area contributed by atoms with Gasteiger partial charge in [0.15, 0.2) is 5.11 Å². The third-order valence-corrected chi connectivity index (χ3v) is 7.61. The van der Waals surface area contributed by atoms with Gasteiger partial charge in [-0.3, -0.25) is 4.90 Å². The summed E-state index contributed by atoms with van der Waals surface area (Å²) in [6.07, 6.45) is 0. The van der Waals surface area contributed by atoms with Crippen LogP contribution in [0.25, 0.3) is 10.9 Å². The number of pyridine rings is 1. The Labute approximate surface area is 224 Å². The quantitative estimate of drug-likeness (QED) is 0.478. The second-order valence-corrected chi connectivity index (χ2v) is 10.4. The van der Waals surface area contributed by atoms with Gasteiger partial charge in [-0.25, -0.2) is 9.37 Å². The number of aromatic nitrogens is 1. The first kappa shape index (κ1) is 25.6. The largest absolute Gasteiger partial charge is 0.367 e. The Morgan fingerprint density at radius 1 is 0.946 bits per heavy atom. The lowest BCUT2D eigenvalue weighted by Crippen LogP contribution is -2.48. The summed E-state index contributed by atoms with van der Waals surface area (Å²) < 4.78 is 14.1. The first-order valence-electron chi connectivity index (χ1n) is 13.1. The van der Waals surface area contributed by atoms with Gasteiger partial charge in [0.2, 0.25) is 0 Å². The number of hydrogen-bond acceptors (Lipinski definition) is 6. The highest BCUT2D eigenvalue weighted by molar-refractivity contribution is 7.80. The number of piperazine rings is 2. The van der Waals surface area contributed by atoms with Crippen molar-refractivity contribution in [2.45, 2.75) is 6.92 Å².